The van der Waals surface area contributed by atoms with E-state index in [0.717, 1.165) is 29.3 Å². The maximum atomic E-state index is 5.48. The first-order valence-electron chi connectivity index (χ1n) is 10.0. The SMILES string of the molecule is Cc1cccc(C=NNc2nc(N3CCOCC3)nc3c2ncn3-c2cc(C)ns2)c1. The third-order valence-corrected chi connectivity index (χ3v) is 5.84. The Bertz CT molecular complexity index is 1240. The Morgan fingerprint density at radius 1 is 1.16 bits per heavy atom. The van der Waals surface area contributed by atoms with Crippen LogP contribution in [-0.4, -0.2) is 56.4 Å². The zero-order chi connectivity index (χ0) is 21.2. The highest BCUT2D eigenvalue weighted by Gasteiger charge is 2.20. The second kappa shape index (κ2) is 8.40. The van der Waals surface area contributed by atoms with E-state index in [0.29, 0.717) is 36.1 Å². The highest BCUT2D eigenvalue weighted by Crippen LogP contribution is 2.27. The molecule has 0 atom stereocenters. The molecule has 0 amide bonds. The Hall–Kier alpha value is -3.37. The number of ether oxygens (including phenoxy) is 1. The maximum Gasteiger partial charge on any atom is 0.229 e. The van der Waals surface area contributed by atoms with Gasteiger partial charge in [0.2, 0.25) is 5.95 Å². The van der Waals surface area contributed by atoms with Gasteiger partial charge in [0.05, 0.1) is 25.1 Å². The first-order valence-corrected chi connectivity index (χ1v) is 10.8. The first kappa shape index (κ1) is 19.6. The first-order chi connectivity index (χ1) is 15.2. The summed E-state index contributed by atoms with van der Waals surface area (Å²) in [6.45, 7) is 6.82. The van der Waals surface area contributed by atoms with Crippen LogP contribution in [0.3, 0.4) is 0 Å². The summed E-state index contributed by atoms with van der Waals surface area (Å²) in [5.74, 6) is 1.20. The van der Waals surface area contributed by atoms with Crippen molar-refractivity contribution in [3.63, 3.8) is 0 Å². The normalized spacial score (nSPS) is 14.6. The molecule has 4 heterocycles. The number of nitrogens with one attached hydrogen (secondary N) is 1. The molecule has 0 bridgehead atoms. The fourth-order valence-electron chi connectivity index (χ4n) is 3.41. The Morgan fingerprint density at radius 2 is 2.03 bits per heavy atom. The van der Waals surface area contributed by atoms with E-state index in [-0.39, 0.29) is 0 Å². The van der Waals surface area contributed by atoms with Gasteiger partial charge in [-0.1, -0.05) is 29.8 Å². The van der Waals surface area contributed by atoms with Crippen molar-refractivity contribution in [1.29, 1.82) is 0 Å². The van der Waals surface area contributed by atoms with Crippen LogP contribution in [0.1, 0.15) is 16.8 Å². The van der Waals surface area contributed by atoms with Crippen molar-refractivity contribution in [2.24, 2.45) is 5.10 Å². The molecule has 1 saturated heterocycles. The Kier molecular flexibility index (Phi) is 5.31. The number of benzene rings is 1. The largest absolute Gasteiger partial charge is 0.378 e. The van der Waals surface area contributed by atoms with Crippen LogP contribution in [0.15, 0.2) is 41.8 Å². The molecule has 0 radical (unpaired) electrons. The van der Waals surface area contributed by atoms with Crippen LogP contribution in [0.4, 0.5) is 11.8 Å². The Morgan fingerprint density at radius 3 is 2.81 bits per heavy atom. The molecule has 0 saturated carbocycles. The van der Waals surface area contributed by atoms with Crippen LogP contribution >= 0.6 is 11.5 Å². The minimum atomic E-state index is 0.565. The minimum absolute atomic E-state index is 0.565. The lowest BCUT2D eigenvalue weighted by molar-refractivity contribution is 0.122. The minimum Gasteiger partial charge on any atom is -0.378 e. The van der Waals surface area contributed by atoms with Crippen molar-refractivity contribution >= 4 is 40.7 Å². The van der Waals surface area contributed by atoms with Crippen molar-refractivity contribution in [2.45, 2.75) is 13.8 Å². The second-order valence-corrected chi connectivity index (χ2v) is 8.13. The van der Waals surface area contributed by atoms with Crippen LogP contribution in [-0.2, 0) is 4.74 Å². The third kappa shape index (κ3) is 4.12. The lowest BCUT2D eigenvalue weighted by Gasteiger charge is -2.26. The quantitative estimate of drug-likeness (QED) is 0.381. The molecule has 158 valence electrons. The van der Waals surface area contributed by atoms with Crippen molar-refractivity contribution in [3.05, 3.63) is 53.5 Å². The number of morpholine rings is 1. The highest BCUT2D eigenvalue weighted by atomic mass is 32.1. The predicted molar refractivity (Wildman–Crippen MR) is 122 cm³/mol. The van der Waals surface area contributed by atoms with Gasteiger partial charge in [-0.05, 0) is 37.0 Å². The summed E-state index contributed by atoms with van der Waals surface area (Å²) in [6.07, 6.45) is 3.53. The van der Waals surface area contributed by atoms with Gasteiger partial charge < -0.3 is 9.64 Å². The molecule has 31 heavy (non-hydrogen) atoms. The molecule has 4 aromatic rings. The fraction of sp³-hybridized carbons (Fsp3) is 0.286. The lowest BCUT2D eigenvalue weighted by Crippen LogP contribution is -2.37. The van der Waals surface area contributed by atoms with Gasteiger partial charge in [0.15, 0.2) is 17.0 Å². The molecule has 1 aliphatic heterocycles. The third-order valence-electron chi connectivity index (χ3n) is 4.96. The van der Waals surface area contributed by atoms with E-state index in [1.54, 1.807) is 12.5 Å². The van der Waals surface area contributed by atoms with Crippen LogP contribution in [0.25, 0.3) is 16.2 Å². The Balaban J connectivity index is 1.54. The number of fused-ring (bicyclic) bond motifs is 1. The molecule has 1 fully saturated rings. The molecule has 1 aromatic carbocycles. The number of aryl methyl sites for hydroxylation is 2. The van der Waals surface area contributed by atoms with E-state index in [1.807, 2.05) is 29.7 Å². The molecule has 1 N–H and O–H groups in total. The summed E-state index contributed by atoms with van der Waals surface area (Å²) >= 11 is 1.41. The monoisotopic (exact) mass is 434 g/mol. The number of hydrogen-bond acceptors (Lipinski definition) is 9. The van der Waals surface area contributed by atoms with Gasteiger partial charge in [-0.25, -0.2) is 4.98 Å². The van der Waals surface area contributed by atoms with E-state index in [2.05, 4.69) is 43.8 Å². The molecular formula is C21H22N8OS. The van der Waals surface area contributed by atoms with Gasteiger partial charge in [0, 0.05) is 13.1 Å². The number of hydrazone groups is 1. The van der Waals surface area contributed by atoms with Crippen LogP contribution in [0.5, 0.6) is 0 Å². The van der Waals surface area contributed by atoms with E-state index < -0.39 is 0 Å². The molecule has 3 aromatic heterocycles. The van der Waals surface area contributed by atoms with Gasteiger partial charge in [0.1, 0.15) is 11.3 Å². The summed E-state index contributed by atoms with van der Waals surface area (Å²) in [7, 11) is 0. The topological polar surface area (TPSA) is 93.4 Å². The van der Waals surface area contributed by atoms with Crippen molar-refractivity contribution < 1.29 is 4.74 Å². The zero-order valence-corrected chi connectivity index (χ0v) is 18.1. The molecule has 9 nitrogen and oxygen atoms in total. The molecular weight excluding hydrogens is 412 g/mol. The number of imidazole rings is 1. The van der Waals surface area contributed by atoms with Crippen LogP contribution in [0, 0.1) is 13.8 Å². The fourth-order valence-corrected chi connectivity index (χ4v) is 4.15. The van der Waals surface area contributed by atoms with Gasteiger partial charge in [-0.2, -0.15) is 19.4 Å². The highest BCUT2D eigenvalue weighted by molar-refractivity contribution is 7.08. The molecule has 0 unspecified atom stereocenters. The van der Waals surface area contributed by atoms with Gasteiger partial charge in [0.25, 0.3) is 0 Å². The summed E-state index contributed by atoms with van der Waals surface area (Å²) in [5.41, 5.74) is 7.61. The Labute approximate surface area is 183 Å². The number of aromatic nitrogens is 5. The summed E-state index contributed by atoms with van der Waals surface area (Å²) in [5, 5.41) is 5.37. The van der Waals surface area contributed by atoms with Crippen LogP contribution in [0.2, 0.25) is 0 Å². The average molecular weight is 435 g/mol. The standard InChI is InChI=1S/C21H22N8OS/c1-14-4-3-5-16(10-14)12-23-26-19-18-20(25-21(24-19)28-6-8-30-9-7-28)29(13-22-18)17-11-15(2)27-31-17/h3-5,10-13H,6-9H2,1-2H3,(H,24,25,26). The average Bonchev–Trinajstić information content (AvgIpc) is 3.40. The molecule has 10 heteroatoms. The maximum absolute atomic E-state index is 5.48. The summed E-state index contributed by atoms with van der Waals surface area (Å²) in [4.78, 5) is 16.2. The van der Waals surface area contributed by atoms with E-state index >= 15 is 0 Å². The van der Waals surface area contributed by atoms with E-state index in [4.69, 9.17) is 14.7 Å². The number of anilines is 2. The van der Waals surface area contributed by atoms with Gasteiger partial charge in [-0.3, -0.25) is 9.99 Å². The predicted octanol–water partition coefficient (Wildman–Crippen LogP) is 3.17. The lowest BCUT2D eigenvalue weighted by atomic mass is 10.2. The van der Waals surface area contributed by atoms with Gasteiger partial charge in [-0.15, -0.1) is 0 Å². The zero-order valence-electron chi connectivity index (χ0n) is 17.3. The van der Waals surface area contributed by atoms with E-state index in [1.165, 1.54) is 17.1 Å². The van der Waals surface area contributed by atoms with E-state index in [9.17, 15) is 0 Å². The van der Waals surface area contributed by atoms with Crippen LogP contribution < -0.4 is 10.3 Å². The molecule has 1 aliphatic rings. The summed E-state index contributed by atoms with van der Waals surface area (Å²) in [6, 6.07) is 10.2. The smallest absolute Gasteiger partial charge is 0.229 e. The van der Waals surface area contributed by atoms with Gasteiger partial charge >= 0.3 is 0 Å². The van der Waals surface area contributed by atoms with Crippen molar-refractivity contribution in [2.75, 3.05) is 36.6 Å². The number of nitrogens with zero attached hydrogens (tertiary/aromatic N) is 7. The second-order valence-electron chi connectivity index (χ2n) is 7.35. The van der Waals surface area contributed by atoms with Crippen molar-refractivity contribution in [3.8, 4) is 5.00 Å². The summed E-state index contributed by atoms with van der Waals surface area (Å²) < 4.78 is 11.8. The molecule has 0 spiro atoms. The van der Waals surface area contributed by atoms with Crippen molar-refractivity contribution in [1.82, 2.24) is 23.9 Å². The number of hydrogen-bond donors (Lipinski definition) is 1. The molecule has 5 rings (SSSR count). The number of rotatable bonds is 5. The molecule has 0 aliphatic carbocycles.